The van der Waals surface area contributed by atoms with Crippen LogP contribution in [0.2, 0.25) is 0 Å². The zero-order valence-corrected chi connectivity index (χ0v) is 20.0. The maximum atomic E-state index is 13.6. The summed E-state index contributed by atoms with van der Waals surface area (Å²) in [6.45, 7) is 6.83. The Kier molecular flexibility index (Phi) is 7.33. The molecular weight excluding hydrogens is 414 g/mol. The molecule has 2 aromatic rings. The largest absolute Gasteiger partial charge is 0.381 e. The van der Waals surface area contributed by atoms with Crippen LogP contribution in [-0.2, 0) is 24.1 Å². The van der Waals surface area contributed by atoms with Crippen LogP contribution in [0.25, 0.3) is 0 Å². The van der Waals surface area contributed by atoms with E-state index in [-0.39, 0.29) is 11.5 Å². The van der Waals surface area contributed by atoms with Gasteiger partial charge in [0.05, 0.1) is 6.54 Å². The minimum atomic E-state index is -0.101. The molecule has 4 rings (SSSR count). The molecule has 1 N–H and O–H groups in total. The molecule has 6 nitrogen and oxygen atoms in total. The summed E-state index contributed by atoms with van der Waals surface area (Å²) in [7, 11) is 1.79. The third-order valence-corrected chi connectivity index (χ3v) is 6.84. The number of fused-ring (bicyclic) bond motifs is 2. The number of nitrogens with zero attached hydrogens (tertiary/aromatic N) is 2. The van der Waals surface area contributed by atoms with Crippen LogP contribution in [0.4, 0.5) is 5.69 Å². The van der Waals surface area contributed by atoms with Gasteiger partial charge in [0.2, 0.25) is 0 Å². The number of anilines is 1. The summed E-state index contributed by atoms with van der Waals surface area (Å²) in [6.07, 6.45) is 8.72. The molecule has 0 radical (unpaired) electrons. The van der Waals surface area contributed by atoms with Crippen LogP contribution >= 0.6 is 0 Å². The van der Waals surface area contributed by atoms with Crippen molar-refractivity contribution < 1.29 is 9.53 Å². The molecule has 1 saturated heterocycles. The van der Waals surface area contributed by atoms with Gasteiger partial charge in [0.25, 0.3) is 11.5 Å². The Labute approximate surface area is 196 Å². The second-order valence-electron chi connectivity index (χ2n) is 9.09. The number of aromatic nitrogens is 1. The number of carbonyl (C=O) groups is 1. The number of benzene rings is 1. The fourth-order valence-electron chi connectivity index (χ4n) is 5.13. The fraction of sp³-hybridized carbons (Fsp3) is 0.481. The number of amides is 1. The molecule has 1 amide bonds. The van der Waals surface area contributed by atoms with E-state index in [1.807, 2.05) is 25.1 Å². The summed E-state index contributed by atoms with van der Waals surface area (Å²) in [5.74, 6) is -0.0465. The molecular formula is C27H35N3O3. The summed E-state index contributed by atoms with van der Waals surface area (Å²) in [5, 5.41) is 0. The molecule has 1 aromatic carbocycles. The Hall–Kier alpha value is -2.86. The van der Waals surface area contributed by atoms with Gasteiger partial charge in [-0.15, -0.1) is 0 Å². The number of ether oxygens (including phenoxy) is 1. The average Bonchev–Trinajstić information content (AvgIpc) is 2.81. The van der Waals surface area contributed by atoms with E-state index in [1.54, 1.807) is 11.9 Å². The van der Waals surface area contributed by atoms with Crippen LogP contribution in [0.15, 0.2) is 41.2 Å². The molecule has 0 atom stereocenters. The summed E-state index contributed by atoms with van der Waals surface area (Å²) in [4.78, 5) is 33.4. The fourth-order valence-corrected chi connectivity index (χ4v) is 5.13. The second kappa shape index (κ2) is 10.4. The van der Waals surface area contributed by atoms with Gasteiger partial charge in [0, 0.05) is 55.4 Å². The Balaban J connectivity index is 1.75. The van der Waals surface area contributed by atoms with E-state index in [0.717, 1.165) is 73.5 Å². The maximum absolute atomic E-state index is 13.6. The Morgan fingerprint density at radius 1 is 1.15 bits per heavy atom. The minimum Gasteiger partial charge on any atom is -0.381 e. The first-order valence-corrected chi connectivity index (χ1v) is 12.1. The van der Waals surface area contributed by atoms with E-state index in [1.165, 1.54) is 0 Å². The molecule has 0 unspecified atom stereocenters. The molecule has 0 bridgehead atoms. The van der Waals surface area contributed by atoms with E-state index in [9.17, 15) is 9.59 Å². The molecule has 2 aliphatic rings. The van der Waals surface area contributed by atoms with Gasteiger partial charge in [0.1, 0.15) is 0 Å². The molecule has 3 heterocycles. The van der Waals surface area contributed by atoms with Gasteiger partial charge in [0.15, 0.2) is 0 Å². The van der Waals surface area contributed by atoms with Crippen molar-refractivity contribution in [2.45, 2.75) is 58.5 Å². The van der Waals surface area contributed by atoms with Crippen LogP contribution in [-0.4, -0.2) is 48.6 Å². The van der Waals surface area contributed by atoms with Gasteiger partial charge in [-0.25, -0.2) is 0 Å². The van der Waals surface area contributed by atoms with Gasteiger partial charge >= 0.3 is 0 Å². The van der Waals surface area contributed by atoms with Crippen molar-refractivity contribution in [3.8, 4) is 0 Å². The number of aromatic amines is 1. The number of rotatable bonds is 3. The summed E-state index contributed by atoms with van der Waals surface area (Å²) >= 11 is 0. The zero-order chi connectivity index (χ0) is 23.4. The van der Waals surface area contributed by atoms with Crippen LogP contribution in [0.1, 0.15) is 58.9 Å². The Bertz CT molecular complexity index is 1080. The van der Waals surface area contributed by atoms with Gasteiger partial charge in [-0.1, -0.05) is 18.2 Å². The lowest BCUT2D eigenvalue weighted by Gasteiger charge is -2.37. The molecule has 2 aliphatic heterocycles. The van der Waals surface area contributed by atoms with E-state index in [4.69, 9.17) is 4.74 Å². The van der Waals surface area contributed by atoms with E-state index in [2.05, 4.69) is 35.0 Å². The number of hydrogen-bond donors (Lipinski definition) is 1. The van der Waals surface area contributed by atoms with Gasteiger partial charge in [-0.3, -0.25) is 9.59 Å². The molecule has 176 valence electrons. The van der Waals surface area contributed by atoms with Crippen molar-refractivity contribution in [3.05, 3.63) is 74.7 Å². The highest BCUT2D eigenvalue weighted by atomic mass is 16.5. The monoisotopic (exact) mass is 449 g/mol. The normalized spacial score (nSPS) is 17.7. The summed E-state index contributed by atoms with van der Waals surface area (Å²) in [6, 6.07) is 8.51. The zero-order valence-electron chi connectivity index (χ0n) is 20.0. The lowest BCUT2D eigenvalue weighted by atomic mass is 9.96. The average molecular weight is 450 g/mol. The highest BCUT2D eigenvalue weighted by Gasteiger charge is 2.26. The molecule has 0 spiro atoms. The predicted molar refractivity (Wildman–Crippen MR) is 132 cm³/mol. The third kappa shape index (κ3) is 5.06. The van der Waals surface area contributed by atoms with Crippen molar-refractivity contribution in [2.24, 2.45) is 0 Å². The topological polar surface area (TPSA) is 65.6 Å². The number of nitrogens with one attached hydrogen (secondary N) is 1. The standard InChI is InChI=1S/C27H35N3O3/c1-4-30(21-13-15-33-16-14-21)25-12-8-11-23-22(25)10-7-5-6-9-20-17-19(2)28-26(31)24(20)18-29(3)27(23)32/h5,7-8,11-12,17,21H,4,6,9-10,13-16,18H2,1-3H3,(H,28,31). The van der Waals surface area contributed by atoms with Crippen molar-refractivity contribution >= 4 is 11.6 Å². The number of pyridine rings is 1. The highest BCUT2D eigenvalue weighted by molar-refractivity contribution is 5.97. The van der Waals surface area contributed by atoms with E-state index in [0.29, 0.717) is 24.6 Å². The molecule has 1 fully saturated rings. The molecule has 33 heavy (non-hydrogen) atoms. The predicted octanol–water partition coefficient (Wildman–Crippen LogP) is 4.01. The van der Waals surface area contributed by atoms with E-state index < -0.39 is 0 Å². The number of hydrogen-bond acceptors (Lipinski definition) is 4. The summed E-state index contributed by atoms with van der Waals surface area (Å²) < 4.78 is 5.59. The number of carbonyl (C=O) groups excluding carboxylic acids is 1. The Morgan fingerprint density at radius 3 is 2.70 bits per heavy atom. The van der Waals surface area contributed by atoms with Crippen molar-refractivity contribution in [1.29, 1.82) is 0 Å². The first-order valence-electron chi connectivity index (χ1n) is 12.1. The smallest absolute Gasteiger partial charge is 0.254 e. The lowest BCUT2D eigenvalue weighted by molar-refractivity contribution is 0.0782. The molecule has 0 aliphatic carbocycles. The molecule has 6 heteroatoms. The third-order valence-electron chi connectivity index (χ3n) is 6.84. The molecule has 0 saturated carbocycles. The lowest BCUT2D eigenvalue weighted by Crippen LogP contribution is -2.40. The van der Waals surface area contributed by atoms with Crippen molar-refractivity contribution in [3.63, 3.8) is 0 Å². The Morgan fingerprint density at radius 2 is 1.94 bits per heavy atom. The quantitative estimate of drug-likeness (QED) is 0.720. The van der Waals surface area contributed by atoms with Crippen molar-refractivity contribution in [1.82, 2.24) is 9.88 Å². The maximum Gasteiger partial charge on any atom is 0.254 e. The highest BCUT2D eigenvalue weighted by Crippen LogP contribution is 2.30. The van der Waals surface area contributed by atoms with Crippen LogP contribution in [0, 0.1) is 6.92 Å². The van der Waals surface area contributed by atoms with Crippen LogP contribution in [0.3, 0.4) is 0 Å². The van der Waals surface area contributed by atoms with Gasteiger partial charge < -0.3 is 19.5 Å². The van der Waals surface area contributed by atoms with Gasteiger partial charge in [-0.05, 0) is 75.3 Å². The summed E-state index contributed by atoms with van der Waals surface area (Å²) in [5.41, 5.74) is 5.38. The van der Waals surface area contributed by atoms with E-state index >= 15 is 0 Å². The van der Waals surface area contributed by atoms with Crippen LogP contribution < -0.4 is 10.5 Å². The van der Waals surface area contributed by atoms with Crippen molar-refractivity contribution in [2.75, 3.05) is 31.7 Å². The second-order valence-corrected chi connectivity index (χ2v) is 9.09. The van der Waals surface area contributed by atoms with Gasteiger partial charge in [-0.2, -0.15) is 0 Å². The number of aryl methyl sites for hydroxylation is 2. The first-order chi connectivity index (χ1) is 16.0. The van der Waals surface area contributed by atoms with Crippen LogP contribution in [0.5, 0.6) is 0 Å². The number of H-pyrrole nitrogens is 1. The SMILES string of the molecule is CCN(c1cccc2c1CC=CCCc1cc(C)[nH]c(=O)c1CN(C)C2=O)C1CCOCC1. The first kappa shape index (κ1) is 23.3. The molecule has 1 aromatic heterocycles. The minimum absolute atomic E-state index is 0.0465. The number of allylic oxidation sites excluding steroid dienone is 2.